The lowest BCUT2D eigenvalue weighted by atomic mass is 9.80. The molecule has 1 nitrogen and oxygen atoms in total. The van der Waals surface area contributed by atoms with E-state index in [-0.39, 0.29) is 0 Å². The van der Waals surface area contributed by atoms with Gasteiger partial charge in [-0.1, -0.05) is 75.6 Å². The zero-order valence-corrected chi connectivity index (χ0v) is 20.4. The highest BCUT2D eigenvalue weighted by Gasteiger charge is 2.20. The molecular formula is C30H41N. The van der Waals surface area contributed by atoms with Crippen molar-refractivity contribution in [1.82, 2.24) is 5.32 Å². The maximum atomic E-state index is 3.77. The van der Waals surface area contributed by atoms with Gasteiger partial charge in [-0.3, -0.25) is 0 Å². The summed E-state index contributed by atoms with van der Waals surface area (Å²) in [7, 11) is 0. The molecule has 0 aromatic heterocycles. The Hall–Kier alpha value is -2.28. The third kappa shape index (κ3) is 5.50. The van der Waals surface area contributed by atoms with E-state index in [1.165, 1.54) is 71.3 Å². The summed E-state index contributed by atoms with van der Waals surface area (Å²) in [5.74, 6) is 0.742. The lowest BCUT2D eigenvalue weighted by Gasteiger charge is -2.26. The van der Waals surface area contributed by atoms with E-state index in [1.54, 1.807) is 5.56 Å². The fourth-order valence-corrected chi connectivity index (χ4v) is 5.29. The Bertz CT molecular complexity index is 914. The maximum Gasteiger partial charge on any atom is 0.0413 e. The Labute approximate surface area is 190 Å². The summed E-state index contributed by atoms with van der Waals surface area (Å²) in [6.45, 7) is 11.3. The third-order valence-electron chi connectivity index (χ3n) is 7.12. The van der Waals surface area contributed by atoms with E-state index >= 15 is 0 Å². The average Bonchev–Trinajstić information content (AvgIpc) is 3.04. The van der Waals surface area contributed by atoms with Crippen molar-refractivity contribution in [2.24, 2.45) is 0 Å². The zero-order valence-electron chi connectivity index (χ0n) is 20.4. The molecule has 0 radical (unpaired) electrons. The van der Waals surface area contributed by atoms with E-state index in [0.29, 0.717) is 0 Å². The van der Waals surface area contributed by atoms with Crippen LogP contribution in [0.5, 0.6) is 0 Å². The topological polar surface area (TPSA) is 12.0 Å². The molecule has 0 atom stereocenters. The largest absolute Gasteiger partial charge is 0.355 e. The molecule has 0 amide bonds. The second-order valence-electron chi connectivity index (χ2n) is 8.97. The van der Waals surface area contributed by atoms with E-state index in [1.807, 2.05) is 0 Å². The molecule has 1 saturated carbocycles. The third-order valence-corrected chi connectivity index (χ3v) is 7.12. The van der Waals surface area contributed by atoms with Crippen molar-refractivity contribution < 1.29 is 0 Å². The van der Waals surface area contributed by atoms with Crippen LogP contribution in [0.2, 0.25) is 0 Å². The predicted molar refractivity (Wildman–Crippen MR) is 137 cm³/mol. The summed E-state index contributed by atoms with van der Waals surface area (Å²) < 4.78 is 0. The minimum atomic E-state index is 0.742. The van der Waals surface area contributed by atoms with Gasteiger partial charge in [0, 0.05) is 11.4 Å². The van der Waals surface area contributed by atoms with Crippen LogP contribution in [-0.2, 0) is 0 Å². The van der Waals surface area contributed by atoms with Gasteiger partial charge >= 0.3 is 0 Å². The van der Waals surface area contributed by atoms with Crippen LogP contribution in [0.1, 0.15) is 102 Å². The highest BCUT2D eigenvalue weighted by molar-refractivity contribution is 5.74. The number of hydrogen-bond donors (Lipinski definition) is 1. The number of nitrogens with one attached hydrogen (secondary N) is 1. The molecule has 1 fully saturated rings. The molecule has 166 valence electrons. The minimum absolute atomic E-state index is 0.742. The van der Waals surface area contributed by atoms with Crippen LogP contribution < -0.4 is 5.32 Å². The van der Waals surface area contributed by atoms with E-state index in [4.69, 9.17) is 0 Å². The van der Waals surface area contributed by atoms with Crippen LogP contribution in [-0.4, -0.2) is 0 Å². The fraction of sp³-hybridized carbons (Fsp3) is 0.467. The van der Waals surface area contributed by atoms with Gasteiger partial charge in [0.1, 0.15) is 0 Å². The van der Waals surface area contributed by atoms with Crippen molar-refractivity contribution in [3.8, 4) is 0 Å². The van der Waals surface area contributed by atoms with Crippen molar-refractivity contribution in [3.63, 3.8) is 0 Å². The molecule has 1 aromatic rings. The zero-order chi connectivity index (χ0) is 22.2. The predicted octanol–water partition coefficient (Wildman–Crippen LogP) is 8.90. The van der Waals surface area contributed by atoms with Gasteiger partial charge in [0.25, 0.3) is 0 Å². The van der Waals surface area contributed by atoms with Crippen molar-refractivity contribution in [3.05, 3.63) is 87.8 Å². The number of allylic oxidation sites excluding steroid dienone is 8. The quantitative estimate of drug-likeness (QED) is 0.438. The fourth-order valence-electron chi connectivity index (χ4n) is 5.29. The van der Waals surface area contributed by atoms with Crippen LogP contribution in [0, 0.1) is 6.92 Å². The second kappa shape index (κ2) is 11.4. The molecule has 0 bridgehead atoms. The summed E-state index contributed by atoms with van der Waals surface area (Å²) in [5.41, 5.74) is 11.2. The van der Waals surface area contributed by atoms with E-state index < -0.39 is 0 Å². The minimum Gasteiger partial charge on any atom is -0.355 e. The van der Waals surface area contributed by atoms with Gasteiger partial charge in [0.15, 0.2) is 0 Å². The van der Waals surface area contributed by atoms with Crippen LogP contribution in [0.15, 0.2) is 71.1 Å². The molecule has 3 rings (SSSR count). The average molecular weight is 416 g/mol. The smallest absolute Gasteiger partial charge is 0.0413 e. The van der Waals surface area contributed by atoms with Crippen molar-refractivity contribution >= 4 is 5.57 Å². The van der Waals surface area contributed by atoms with Gasteiger partial charge in [0.2, 0.25) is 0 Å². The van der Waals surface area contributed by atoms with E-state index in [2.05, 4.69) is 88.5 Å². The van der Waals surface area contributed by atoms with Crippen LogP contribution in [0.3, 0.4) is 0 Å². The van der Waals surface area contributed by atoms with Crippen LogP contribution in [0.25, 0.3) is 5.57 Å². The normalized spacial score (nSPS) is 18.8. The summed E-state index contributed by atoms with van der Waals surface area (Å²) in [6.07, 6.45) is 21.2. The van der Waals surface area contributed by atoms with Crippen LogP contribution >= 0.6 is 0 Å². The molecular weight excluding hydrogens is 374 g/mol. The first-order chi connectivity index (χ1) is 15.1. The molecule has 31 heavy (non-hydrogen) atoms. The van der Waals surface area contributed by atoms with E-state index in [9.17, 15) is 0 Å². The maximum absolute atomic E-state index is 3.77. The van der Waals surface area contributed by atoms with Gasteiger partial charge in [-0.2, -0.15) is 0 Å². The second-order valence-corrected chi connectivity index (χ2v) is 8.97. The Morgan fingerprint density at radius 3 is 2.48 bits per heavy atom. The van der Waals surface area contributed by atoms with Gasteiger partial charge in [0.05, 0.1) is 0 Å². The SMILES string of the molecule is C/C=C(NC1=C(CC)C=CCC=C1)\C(C)=C(/CC)c1cccc(C2CCCCC2)c1C. The van der Waals surface area contributed by atoms with Crippen molar-refractivity contribution in [1.29, 1.82) is 0 Å². The Morgan fingerprint density at radius 2 is 1.81 bits per heavy atom. The number of hydrogen-bond acceptors (Lipinski definition) is 1. The Kier molecular flexibility index (Phi) is 8.58. The summed E-state index contributed by atoms with van der Waals surface area (Å²) in [5, 5.41) is 3.77. The molecule has 0 unspecified atom stereocenters. The first-order valence-corrected chi connectivity index (χ1v) is 12.4. The van der Waals surface area contributed by atoms with Gasteiger partial charge < -0.3 is 5.32 Å². The standard InChI is InChI=1S/C30H41N/c1-6-24-16-11-10-14-21-30(24)31-29(8-3)23(5)26(7-2)28-20-15-19-27(22(28)4)25-17-12-9-13-18-25/h8,11,14-16,19-21,25,31H,6-7,9-10,12-13,17-18H2,1-5H3/b26-23+,29-8+. The van der Waals surface area contributed by atoms with Gasteiger partial charge in [-0.15, -0.1) is 0 Å². The van der Waals surface area contributed by atoms with Gasteiger partial charge in [-0.25, -0.2) is 0 Å². The molecule has 0 aliphatic heterocycles. The highest BCUT2D eigenvalue weighted by Crippen LogP contribution is 2.38. The first kappa shape index (κ1) is 23.4. The molecule has 1 heteroatoms. The Morgan fingerprint density at radius 1 is 1.06 bits per heavy atom. The van der Waals surface area contributed by atoms with Crippen molar-refractivity contribution in [2.75, 3.05) is 0 Å². The molecule has 1 aromatic carbocycles. The summed E-state index contributed by atoms with van der Waals surface area (Å²) >= 11 is 0. The molecule has 2 aliphatic carbocycles. The molecule has 0 heterocycles. The van der Waals surface area contributed by atoms with E-state index in [0.717, 1.165) is 25.2 Å². The van der Waals surface area contributed by atoms with Gasteiger partial charge in [-0.05, 0) is 98.3 Å². The first-order valence-electron chi connectivity index (χ1n) is 12.4. The molecule has 2 aliphatic rings. The monoisotopic (exact) mass is 415 g/mol. The molecule has 0 saturated heterocycles. The summed E-state index contributed by atoms with van der Waals surface area (Å²) in [6, 6.07) is 7.00. The number of rotatable bonds is 7. The summed E-state index contributed by atoms with van der Waals surface area (Å²) in [4.78, 5) is 0. The molecule has 1 N–H and O–H groups in total. The lowest BCUT2D eigenvalue weighted by molar-refractivity contribution is 0.442. The van der Waals surface area contributed by atoms with Crippen LogP contribution in [0.4, 0.5) is 0 Å². The van der Waals surface area contributed by atoms with Crippen molar-refractivity contribution in [2.45, 2.75) is 91.9 Å². The molecule has 0 spiro atoms. The number of benzene rings is 1. The lowest BCUT2D eigenvalue weighted by Crippen LogP contribution is -2.15. The highest BCUT2D eigenvalue weighted by atomic mass is 14.9. The Balaban J connectivity index is 1.98.